The van der Waals surface area contributed by atoms with E-state index < -0.39 is 15.9 Å². The van der Waals surface area contributed by atoms with Gasteiger partial charge in [-0.05, 0) is 18.4 Å². The molecule has 6 heteroatoms. The van der Waals surface area contributed by atoms with Crippen LogP contribution in [0.3, 0.4) is 0 Å². The first-order valence-corrected chi connectivity index (χ1v) is 8.29. The second-order valence-corrected chi connectivity index (χ2v) is 6.96. The van der Waals surface area contributed by atoms with Crippen molar-refractivity contribution in [2.45, 2.75) is 19.8 Å². The third kappa shape index (κ3) is 1.91. The molecule has 1 aliphatic rings. The van der Waals surface area contributed by atoms with E-state index in [4.69, 9.17) is 0 Å². The summed E-state index contributed by atoms with van der Waals surface area (Å²) in [6, 6.07) is 5.74. The highest BCUT2D eigenvalue weighted by atomic mass is 32.2. The highest BCUT2D eigenvalue weighted by molar-refractivity contribution is 7.89. The van der Waals surface area contributed by atoms with Gasteiger partial charge in [-0.2, -0.15) is 0 Å². The summed E-state index contributed by atoms with van der Waals surface area (Å²) in [5, 5.41) is 0.788. The Morgan fingerprint density at radius 2 is 2.20 bits per heavy atom. The van der Waals surface area contributed by atoms with Crippen LogP contribution in [-0.4, -0.2) is 35.9 Å². The molecule has 1 aromatic heterocycles. The van der Waals surface area contributed by atoms with Gasteiger partial charge in [0.1, 0.15) is 0 Å². The zero-order chi connectivity index (χ0) is 14.3. The van der Waals surface area contributed by atoms with E-state index in [1.54, 1.807) is 6.20 Å². The van der Waals surface area contributed by atoms with E-state index >= 15 is 0 Å². The van der Waals surface area contributed by atoms with Crippen molar-refractivity contribution in [3.05, 3.63) is 35.5 Å². The average molecular weight is 292 g/mol. The topological polar surface area (TPSA) is 70.2 Å². The van der Waals surface area contributed by atoms with Crippen molar-refractivity contribution in [1.82, 2.24) is 9.29 Å². The minimum absolute atomic E-state index is 0.0569. The number of aromatic amines is 1. The lowest BCUT2D eigenvalue weighted by Gasteiger charge is -2.14. The van der Waals surface area contributed by atoms with Crippen LogP contribution in [0.25, 0.3) is 10.9 Å². The van der Waals surface area contributed by atoms with Gasteiger partial charge < -0.3 is 4.98 Å². The van der Waals surface area contributed by atoms with E-state index in [9.17, 15) is 13.2 Å². The summed E-state index contributed by atoms with van der Waals surface area (Å²) in [5.41, 5.74) is 2.46. The standard InChI is InChI=1S/C14H16N2O3S/c1-2-10-5-3-6-11-12(9-15-13(10)11)14(17)16-7-4-8-20(16,18)19/h3,5-6,9,15H,2,4,7-8H2,1H3. The van der Waals surface area contributed by atoms with Gasteiger partial charge in [0, 0.05) is 23.6 Å². The first-order chi connectivity index (χ1) is 9.54. The van der Waals surface area contributed by atoms with E-state index in [0.29, 0.717) is 12.0 Å². The lowest BCUT2D eigenvalue weighted by Crippen LogP contribution is -2.32. The molecule has 1 saturated heterocycles. The summed E-state index contributed by atoms with van der Waals surface area (Å²) in [5.74, 6) is -0.372. The van der Waals surface area contributed by atoms with Crippen molar-refractivity contribution in [3.8, 4) is 0 Å². The lowest BCUT2D eigenvalue weighted by molar-refractivity contribution is 0.0872. The van der Waals surface area contributed by atoms with Crippen LogP contribution in [0.2, 0.25) is 0 Å². The Morgan fingerprint density at radius 3 is 2.85 bits per heavy atom. The van der Waals surface area contributed by atoms with Crippen molar-refractivity contribution < 1.29 is 13.2 Å². The molecule has 1 aliphatic heterocycles. The van der Waals surface area contributed by atoms with Gasteiger partial charge in [0.25, 0.3) is 5.91 Å². The molecule has 3 rings (SSSR count). The highest BCUT2D eigenvalue weighted by Gasteiger charge is 2.34. The number of fused-ring (bicyclic) bond motifs is 1. The largest absolute Gasteiger partial charge is 0.360 e. The van der Waals surface area contributed by atoms with Gasteiger partial charge in [-0.1, -0.05) is 25.1 Å². The summed E-state index contributed by atoms with van der Waals surface area (Å²) in [6.07, 6.45) is 2.98. The molecule has 5 nitrogen and oxygen atoms in total. The number of carbonyl (C=O) groups is 1. The van der Waals surface area contributed by atoms with E-state index in [0.717, 1.165) is 27.2 Å². The normalized spacial score (nSPS) is 17.8. The molecule has 20 heavy (non-hydrogen) atoms. The molecule has 0 bridgehead atoms. The Morgan fingerprint density at radius 1 is 1.40 bits per heavy atom. The number of hydrogen-bond acceptors (Lipinski definition) is 3. The molecule has 2 heterocycles. The Balaban J connectivity index is 2.09. The van der Waals surface area contributed by atoms with Gasteiger partial charge in [0.15, 0.2) is 0 Å². The fourth-order valence-corrected chi connectivity index (χ4v) is 4.16. The van der Waals surface area contributed by atoms with Crippen molar-refractivity contribution >= 4 is 26.8 Å². The third-order valence-corrected chi connectivity index (χ3v) is 5.56. The molecule has 1 amide bonds. The summed E-state index contributed by atoms with van der Waals surface area (Å²) in [7, 11) is -3.43. The molecule has 106 valence electrons. The Kier molecular flexibility index (Phi) is 3.05. The number of sulfonamides is 1. The van der Waals surface area contributed by atoms with E-state index in [2.05, 4.69) is 4.98 Å². The number of aryl methyl sites for hydroxylation is 1. The predicted molar refractivity (Wildman–Crippen MR) is 77.1 cm³/mol. The molecule has 0 aliphatic carbocycles. The van der Waals surface area contributed by atoms with Crippen LogP contribution < -0.4 is 0 Å². The number of nitrogens with zero attached hydrogens (tertiary/aromatic N) is 1. The molecule has 0 unspecified atom stereocenters. The van der Waals surface area contributed by atoms with Gasteiger partial charge in [-0.15, -0.1) is 0 Å². The smallest absolute Gasteiger partial charge is 0.269 e. The predicted octanol–water partition coefficient (Wildman–Crippen LogP) is 1.91. The monoisotopic (exact) mass is 292 g/mol. The lowest BCUT2D eigenvalue weighted by atomic mass is 10.1. The van der Waals surface area contributed by atoms with Crippen LogP contribution in [0.4, 0.5) is 0 Å². The number of rotatable bonds is 2. The quantitative estimate of drug-likeness (QED) is 0.919. The summed E-state index contributed by atoms with van der Waals surface area (Å²) >= 11 is 0. The molecule has 1 aromatic carbocycles. The molecule has 0 spiro atoms. The minimum atomic E-state index is -3.43. The van der Waals surface area contributed by atoms with Gasteiger partial charge in [-0.25, -0.2) is 12.7 Å². The first kappa shape index (κ1) is 13.2. The summed E-state index contributed by atoms with van der Waals surface area (Å²) < 4.78 is 24.7. The Labute approximate surface area is 117 Å². The zero-order valence-electron chi connectivity index (χ0n) is 11.2. The maximum atomic E-state index is 12.5. The van der Waals surface area contributed by atoms with Crippen LogP contribution in [0.1, 0.15) is 29.3 Å². The van der Waals surface area contributed by atoms with Gasteiger partial charge in [0.05, 0.1) is 11.3 Å². The number of hydrogen-bond donors (Lipinski definition) is 1. The van der Waals surface area contributed by atoms with Crippen molar-refractivity contribution in [3.63, 3.8) is 0 Å². The fraction of sp³-hybridized carbons (Fsp3) is 0.357. The van der Waals surface area contributed by atoms with Crippen LogP contribution in [0.5, 0.6) is 0 Å². The molecule has 0 radical (unpaired) electrons. The zero-order valence-corrected chi connectivity index (χ0v) is 12.0. The van der Waals surface area contributed by atoms with Gasteiger partial charge in [-0.3, -0.25) is 4.79 Å². The number of amides is 1. The molecule has 0 saturated carbocycles. The number of carbonyl (C=O) groups excluding carboxylic acids is 1. The fourth-order valence-electron chi connectivity index (χ4n) is 2.69. The SMILES string of the molecule is CCc1cccc2c(C(=O)N3CCCS3(=O)=O)c[nH]c12. The first-order valence-electron chi connectivity index (χ1n) is 6.68. The van der Waals surface area contributed by atoms with E-state index in [-0.39, 0.29) is 12.3 Å². The van der Waals surface area contributed by atoms with Crippen molar-refractivity contribution in [2.24, 2.45) is 0 Å². The molecular formula is C14H16N2O3S. The number of aromatic nitrogens is 1. The van der Waals surface area contributed by atoms with Crippen molar-refractivity contribution in [1.29, 1.82) is 0 Å². The molecular weight excluding hydrogens is 276 g/mol. The molecule has 0 atom stereocenters. The Hall–Kier alpha value is -1.82. The van der Waals surface area contributed by atoms with Gasteiger partial charge >= 0.3 is 0 Å². The van der Waals surface area contributed by atoms with E-state index in [1.165, 1.54) is 0 Å². The third-order valence-electron chi connectivity index (χ3n) is 3.74. The number of benzene rings is 1. The van der Waals surface area contributed by atoms with Gasteiger partial charge in [0.2, 0.25) is 10.0 Å². The number of H-pyrrole nitrogens is 1. The second kappa shape index (κ2) is 4.63. The Bertz CT molecular complexity index is 777. The minimum Gasteiger partial charge on any atom is -0.360 e. The van der Waals surface area contributed by atoms with Crippen LogP contribution in [-0.2, 0) is 16.4 Å². The summed E-state index contributed by atoms with van der Waals surface area (Å²) in [6.45, 7) is 2.32. The number of nitrogens with one attached hydrogen (secondary N) is 1. The molecule has 1 N–H and O–H groups in total. The van der Waals surface area contributed by atoms with Crippen LogP contribution in [0.15, 0.2) is 24.4 Å². The van der Waals surface area contributed by atoms with Crippen LogP contribution >= 0.6 is 0 Å². The second-order valence-electron chi connectivity index (χ2n) is 4.94. The maximum absolute atomic E-state index is 12.5. The number of para-hydroxylation sites is 1. The van der Waals surface area contributed by atoms with E-state index in [1.807, 2.05) is 25.1 Å². The van der Waals surface area contributed by atoms with Crippen molar-refractivity contribution in [2.75, 3.05) is 12.3 Å². The average Bonchev–Trinajstić information content (AvgIpc) is 3.00. The molecule has 2 aromatic rings. The molecule has 1 fully saturated rings. The van der Waals surface area contributed by atoms with Crippen LogP contribution in [0, 0.1) is 0 Å². The summed E-state index contributed by atoms with van der Waals surface area (Å²) in [4.78, 5) is 15.6. The highest BCUT2D eigenvalue weighted by Crippen LogP contribution is 2.25. The maximum Gasteiger partial charge on any atom is 0.269 e.